The third-order valence-electron chi connectivity index (χ3n) is 2.27. The third kappa shape index (κ3) is 3.74. The zero-order valence-electron chi connectivity index (χ0n) is 9.92. The van der Waals surface area contributed by atoms with Crippen LogP contribution in [0.2, 0.25) is 0 Å². The van der Waals surface area contributed by atoms with E-state index in [2.05, 4.69) is 14.9 Å². The largest absolute Gasteiger partial charge is 0.480 e. The van der Waals surface area contributed by atoms with Crippen LogP contribution in [-0.4, -0.2) is 44.3 Å². The molecule has 0 bridgehead atoms. The van der Waals surface area contributed by atoms with Gasteiger partial charge in [-0.1, -0.05) is 17.8 Å². The number of hydrogen-bond donors (Lipinski definition) is 3. The molecule has 18 heavy (non-hydrogen) atoms. The molecule has 100 valence electrons. The van der Waals surface area contributed by atoms with Gasteiger partial charge >= 0.3 is 5.97 Å². The maximum atomic E-state index is 11.9. The highest BCUT2D eigenvalue weighted by Crippen LogP contribution is 2.12. The molecule has 0 aliphatic carbocycles. The highest BCUT2D eigenvalue weighted by atomic mass is 32.1. The molecule has 0 aliphatic rings. The highest BCUT2D eigenvalue weighted by molar-refractivity contribution is 7.08. The van der Waals surface area contributed by atoms with Gasteiger partial charge in [-0.15, -0.1) is 5.10 Å². The maximum Gasteiger partial charge on any atom is 0.326 e. The number of hydrogen-bond acceptors (Lipinski definition) is 6. The molecule has 0 radical (unpaired) electrons. The molecule has 1 amide bonds. The number of aliphatic carboxylic acids is 1. The van der Waals surface area contributed by atoms with Gasteiger partial charge in [0.05, 0.1) is 5.69 Å². The standard InChI is InChI=1S/C10H15N3O4S/c1-2-3-6-8(18-13-12-6)9(15)11-7(4-5-14)10(16)17/h7,14H,2-5H2,1H3,(H,11,15)(H,16,17)/t7-/m0/s1. The molecule has 1 heterocycles. The minimum atomic E-state index is -1.17. The Hall–Kier alpha value is -1.54. The molecule has 0 aromatic carbocycles. The molecule has 0 saturated heterocycles. The Labute approximate surface area is 108 Å². The Balaban J connectivity index is 2.74. The van der Waals surface area contributed by atoms with Crippen LogP contribution in [-0.2, 0) is 11.2 Å². The number of nitrogens with zero attached hydrogens (tertiary/aromatic N) is 2. The van der Waals surface area contributed by atoms with E-state index in [4.69, 9.17) is 10.2 Å². The lowest BCUT2D eigenvalue weighted by Gasteiger charge is -2.12. The second-order valence-corrected chi connectivity index (χ2v) is 4.43. The van der Waals surface area contributed by atoms with E-state index >= 15 is 0 Å². The molecular weight excluding hydrogens is 258 g/mol. The third-order valence-corrected chi connectivity index (χ3v) is 3.04. The summed E-state index contributed by atoms with van der Waals surface area (Å²) in [6.07, 6.45) is 1.41. The second kappa shape index (κ2) is 7.02. The van der Waals surface area contributed by atoms with Crippen LogP contribution in [0.5, 0.6) is 0 Å². The van der Waals surface area contributed by atoms with Gasteiger partial charge in [0.15, 0.2) is 0 Å². The van der Waals surface area contributed by atoms with Gasteiger partial charge in [0, 0.05) is 13.0 Å². The number of aliphatic hydroxyl groups excluding tert-OH is 1. The molecule has 0 saturated carbocycles. The lowest BCUT2D eigenvalue weighted by molar-refractivity contribution is -0.139. The van der Waals surface area contributed by atoms with E-state index in [-0.39, 0.29) is 13.0 Å². The van der Waals surface area contributed by atoms with E-state index in [1.165, 1.54) is 0 Å². The Morgan fingerprint density at radius 3 is 2.78 bits per heavy atom. The molecule has 7 nitrogen and oxygen atoms in total. The number of carboxylic acids is 1. The predicted molar refractivity (Wildman–Crippen MR) is 64.5 cm³/mol. The Morgan fingerprint density at radius 2 is 2.22 bits per heavy atom. The van der Waals surface area contributed by atoms with Crippen molar-refractivity contribution in [3.8, 4) is 0 Å². The number of carbonyl (C=O) groups is 2. The zero-order valence-corrected chi connectivity index (χ0v) is 10.7. The van der Waals surface area contributed by atoms with Gasteiger partial charge in [0.2, 0.25) is 0 Å². The van der Waals surface area contributed by atoms with Gasteiger partial charge in [-0.25, -0.2) is 4.79 Å². The Bertz CT molecular complexity index is 421. The van der Waals surface area contributed by atoms with Gasteiger partial charge in [-0.2, -0.15) is 0 Å². The van der Waals surface area contributed by atoms with E-state index in [1.807, 2.05) is 6.92 Å². The summed E-state index contributed by atoms with van der Waals surface area (Å²) in [5.41, 5.74) is 0.577. The van der Waals surface area contributed by atoms with Gasteiger partial charge in [0.25, 0.3) is 5.91 Å². The van der Waals surface area contributed by atoms with Crippen LogP contribution in [0.3, 0.4) is 0 Å². The van der Waals surface area contributed by atoms with E-state index < -0.39 is 17.9 Å². The Kier molecular flexibility index (Phi) is 5.66. The number of rotatable bonds is 7. The molecule has 1 aromatic heterocycles. The van der Waals surface area contributed by atoms with Crippen LogP contribution in [0.25, 0.3) is 0 Å². The van der Waals surface area contributed by atoms with Crippen molar-refractivity contribution < 1.29 is 19.8 Å². The molecule has 1 atom stereocenters. The normalized spacial score (nSPS) is 12.1. The van der Waals surface area contributed by atoms with Gasteiger partial charge in [-0.3, -0.25) is 4.79 Å². The molecule has 1 aromatic rings. The number of aromatic nitrogens is 2. The molecule has 1 rings (SSSR count). The fraction of sp³-hybridized carbons (Fsp3) is 0.600. The van der Waals surface area contributed by atoms with Crippen molar-refractivity contribution in [2.24, 2.45) is 0 Å². The molecule has 3 N–H and O–H groups in total. The predicted octanol–water partition coefficient (Wildman–Crippen LogP) is 0.0560. The number of aliphatic hydroxyl groups is 1. The summed E-state index contributed by atoms with van der Waals surface area (Å²) in [6, 6.07) is -1.10. The lowest BCUT2D eigenvalue weighted by atomic mass is 10.2. The fourth-order valence-corrected chi connectivity index (χ4v) is 2.00. The highest BCUT2D eigenvalue weighted by Gasteiger charge is 2.23. The average molecular weight is 273 g/mol. The number of nitrogens with one attached hydrogen (secondary N) is 1. The summed E-state index contributed by atoms with van der Waals surface area (Å²) in [7, 11) is 0. The molecule has 0 fully saturated rings. The first kappa shape index (κ1) is 14.5. The molecule has 0 aliphatic heterocycles. The summed E-state index contributed by atoms with van der Waals surface area (Å²) in [5, 5.41) is 23.8. The first-order valence-corrected chi connectivity index (χ1v) is 6.33. The van der Waals surface area contributed by atoms with Crippen molar-refractivity contribution in [1.82, 2.24) is 14.9 Å². The molecule has 8 heteroatoms. The summed E-state index contributed by atoms with van der Waals surface area (Å²) >= 11 is 0.941. The van der Waals surface area contributed by atoms with Crippen LogP contribution >= 0.6 is 11.5 Å². The number of carboxylic acid groups (broad SMARTS) is 1. The molecule has 0 spiro atoms. The first-order valence-electron chi connectivity index (χ1n) is 5.55. The zero-order chi connectivity index (χ0) is 13.5. The van der Waals surface area contributed by atoms with Crippen molar-refractivity contribution in [2.75, 3.05) is 6.61 Å². The van der Waals surface area contributed by atoms with Crippen molar-refractivity contribution >= 4 is 23.4 Å². The molecular formula is C10H15N3O4S. The van der Waals surface area contributed by atoms with Gasteiger partial charge < -0.3 is 15.5 Å². The van der Waals surface area contributed by atoms with Crippen LogP contribution < -0.4 is 5.32 Å². The monoisotopic (exact) mass is 273 g/mol. The van der Waals surface area contributed by atoms with Crippen molar-refractivity contribution in [2.45, 2.75) is 32.2 Å². The van der Waals surface area contributed by atoms with Crippen LogP contribution in [0.15, 0.2) is 0 Å². The number of carbonyl (C=O) groups excluding carboxylic acids is 1. The number of aryl methyl sites for hydroxylation is 1. The van der Waals surface area contributed by atoms with Crippen LogP contribution in [0.4, 0.5) is 0 Å². The van der Waals surface area contributed by atoms with E-state index in [0.29, 0.717) is 17.0 Å². The minimum absolute atomic E-state index is 0.0313. The van der Waals surface area contributed by atoms with Gasteiger partial charge in [0.1, 0.15) is 10.9 Å². The van der Waals surface area contributed by atoms with Crippen molar-refractivity contribution in [3.05, 3.63) is 10.6 Å². The smallest absolute Gasteiger partial charge is 0.326 e. The van der Waals surface area contributed by atoms with E-state index in [0.717, 1.165) is 18.0 Å². The summed E-state index contributed by atoms with van der Waals surface area (Å²) < 4.78 is 3.69. The average Bonchev–Trinajstić information content (AvgIpc) is 2.77. The lowest BCUT2D eigenvalue weighted by Crippen LogP contribution is -2.41. The summed E-state index contributed by atoms with van der Waals surface area (Å²) in [5.74, 6) is -1.68. The van der Waals surface area contributed by atoms with Crippen LogP contribution in [0, 0.1) is 0 Å². The van der Waals surface area contributed by atoms with Crippen molar-refractivity contribution in [1.29, 1.82) is 0 Å². The summed E-state index contributed by atoms with van der Waals surface area (Å²) in [6.45, 7) is 1.65. The van der Waals surface area contributed by atoms with Crippen molar-refractivity contribution in [3.63, 3.8) is 0 Å². The number of amides is 1. The van der Waals surface area contributed by atoms with E-state index in [9.17, 15) is 9.59 Å². The van der Waals surface area contributed by atoms with Gasteiger partial charge in [-0.05, 0) is 18.0 Å². The minimum Gasteiger partial charge on any atom is -0.480 e. The van der Waals surface area contributed by atoms with E-state index in [1.54, 1.807) is 0 Å². The van der Waals surface area contributed by atoms with Crippen LogP contribution in [0.1, 0.15) is 35.1 Å². The molecule has 0 unspecified atom stereocenters. The quantitative estimate of drug-likeness (QED) is 0.647. The topological polar surface area (TPSA) is 112 Å². The second-order valence-electron chi connectivity index (χ2n) is 3.68. The SMILES string of the molecule is CCCc1nnsc1C(=O)N[C@@H](CCO)C(=O)O. The Morgan fingerprint density at radius 1 is 1.50 bits per heavy atom. The summed E-state index contributed by atoms with van der Waals surface area (Å²) in [4.78, 5) is 23.1. The maximum absolute atomic E-state index is 11.9. The fourth-order valence-electron chi connectivity index (χ4n) is 1.39. The first-order chi connectivity index (χ1) is 8.60.